The third kappa shape index (κ3) is 4.46. The van der Waals surface area contributed by atoms with Gasteiger partial charge in [0.2, 0.25) is 0 Å². The lowest BCUT2D eigenvalue weighted by molar-refractivity contribution is 0.0737. The highest BCUT2D eigenvalue weighted by atomic mass is 16.5. The van der Waals surface area contributed by atoms with Crippen molar-refractivity contribution in [3.63, 3.8) is 0 Å². The van der Waals surface area contributed by atoms with Gasteiger partial charge in [-0.15, -0.1) is 5.10 Å². The predicted octanol–water partition coefficient (Wildman–Crippen LogP) is 1.98. The predicted molar refractivity (Wildman–Crippen MR) is 78.4 cm³/mol. The maximum Gasteiger partial charge on any atom is 0.119 e. The molecule has 0 aliphatic heterocycles. The lowest BCUT2D eigenvalue weighted by Crippen LogP contribution is -2.16. The van der Waals surface area contributed by atoms with Gasteiger partial charge in [0.1, 0.15) is 29.4 Å². The van der Waals surface area contributed by atoms with Crippen molar-refractivity contribution in [1.29, 1.82) is 0 Å². The summed E-state index contributed by atoms with van der Waals surface area (Å²) >= 11 is 0. The minimum Gasteiger partial charge on any atom is -0.494 e. The van der Waals surface area contributed by atoms with E-state index in [1.54, 1.807) is 24.7 Å². The Bertz CT molecular complexity index is 558. The van der Waals surface area contributed by atoms with Crippen molar-refractivity contribution in [3.05, 3.63) is 36.2 Å². The minimum absolute atomic E-state index is 0.475. The Hall–Kier alpha value is -2.08. The molecule has 1 aromatic carbocycles. The number of ether oxygens (including phenoxy) is 2. The van der Waals surface area contributed by atoms with Crippen LogP contribution >= 0.6 is 0 Å². The summed E-state index contributed by atoms with van der Waals surface area (Å²) in [6.45, 7) is 7.00. The summed E-state index contributed by atoms with van der Waals surface area (Å²) in [7, 11) is 0. The summed E-state index contributed by atoms with van der Waals surface area (Å²) in [4.78, 5) is 0. The summed E-state index contributed by atoms with van der Waals surface area (Å²) in [5, 5.41) is 17.7. The topological polar surface area (TPSA) is 69.4 Å². The summed E-state index contributed by atoms with van der Waals surface area (Å²) in [5.41, 5.74) is -0.433. The number of aromatic nitrogens is 3. The van der Waals surface area contributed by atoms with E-state index < -0.39 is 5.60 Å². The molecule has 0 spiro atoms. The SMILES string of the molecule is CCOc1ccc(OCCn2cc(C(C)(C)O)nn2)cc1. The van der Waals surface area contributed by atoms with Crippen molar-refractivity contribution in [2.24, 2.45) is 0 Å². The summed E-state index contributed by atoms with van der Waals surface area (Å²) in [5.74, 6) is 1.61. The van der Waals surface area contributed by atoms with Gasteiger partial charge < -0.3 is 14.6 Å². The molecule has 114 valence electrons. The van der Waals surface area contributed by atoms with Crippen LogP contribution in [0.25, 0.3) is 0 Å². The lowest BCUT2D eigenvalue weighted by atomic mass is 10.1. The number of hydrogen-bond donors (Lipinski definition) is 1. The molecule has 2 rings (SSSR count). The Kier molecular flexibility index (Phi) is 4.80. The van der Waals surface area contributed by atoms with Gasteiger partial charge >= 0.3 is 0 Å². The van der Waals surface area contributed by atoms with Crippen LogP contribution in [-0.2, 0) is 12.1 Å². The zero-order valence-corrected chi connectivity index (χ0v) is 12.6. The molecule has 6 heteroatoms. The van der Waals surface area contributed by atoms with Crippen molar-refractivity contribution < 1.29 is 14.6 Å². The number of aliphatic hydroxyl groups is 1. The van der Waals surface area contributed by atoms with Crippen LogP contribution in [-0.4, -0.2) is 33.3 Å². The minimum atomic E-state index is -0.978. The smallest absolute Gasteiger partial charge is 0.119 e. The van der Waals surface area contributed by atoms with Crippen LogP contribution in [0.5, 0.6) is 11.5 Å². The average Bonchev–Trinajstić information content (AvgIpc) is 2.90. The van der Waals surface area contributed by atoms with Gasteiger partial charge in [-0.25, -0.2) is 4.68 Å². The third-order valence-electron chi connectivity index (χ3n) is 2.89. The quantitative estimate of drug-likeness (QED) is 0.844. The van der Waals surface area contributed by atoms with Gasteiger partial charge in [-0.2, -0.15) is 0 Å². The van der Waals surface area contributed by atoms with E-state index >= 15 is 0 Å². The van der Waals surface area contributed by atoms with Gasteiger partial charge in [0.25, 0.3) is 0 Å². The molecule has 1 heterocycles. The van der Waals surface area contributed by atoms with Crippen molar-refractivity contribution in [3.8, 4) is 11.5 Å². The van der Waals surface area contributed by atoms with Crippen molar-refractivity contribution in [1.82, 2.24) is 15.0 Å². The summed E-state index contributed by atoms with van der Waals surface area (Å²) in [6.07, 6.45) is 1.72. The summed E-state index contributed by atoms with van der Waals surface area (Å²) < 4.78 is 12.7. The highest BCUT2D eigenvalue weighted by Gasteiger charge is 2.19. The highest BCUT2D eigenvalue weighted by Crippen LogP contribution is 2.18. The largest absolute Gasteiger partial charge is 0.494 e. The Balaban J connectivity index is 1.82. The van der Waals surface area contributed by atoms with Crippen molar-refractivity contribution >= 4 is 0 Å². The van der Waals surface area contributed by atoms with E-state index in [1.165, 1.54) is 0 Å². The van der Waals surface area contributed by atoms with Crippen LogP contribution in [0.4, 0.5) is 0 Å². The third-order valence-corrected chi connectivity index (χ3v) is 2.89. The van der Waals surface area contributed by atoms with E-state index in [-0.39, 0.29) is 0 Å². The Morgan fingerprint density at radius 3 is 2.29 bits per heavy atom. The lowest BCUT2D eigenvalue weighted by Gasteiger charge is -2.11. The second-order valence-electron chi connectivity index (χ2n) is 5.18. The maximum atomic E-state index is 9.82. The molecular weight excluding hydrogens is 270 g/mol. The van der Waals surface area contributed by atoms with E-state index in [0.29, 0.717) is 25.5 Å². The van der Waals surface area contributed by atoms with E-state index in [2.05, 4.69) is 10.3 Å². The van der Waals surface area contributed by atoms with Gasteiger partial charge in [0.05, 0.1) is 19.3 Å². The second kappa shape index (κ2) is 6.58. The van der Waals surface area contributed by atoms with Gasteiger partial charge in [-0.05, 0) is 45.0 Å². The van der Waals surface area contributed by atoms with E-state index in [4.69, 9.17) is 9.47 Å². The van der Waals surface area contributed by atoms with Crippen molar-refractivity contribution in [2.75, 3.05) is 13.2 Å². The fraction of sp³-hybridized carbons (Fsp3) is 0.467. The molecule has 1 aromatic heterocycles. The first kappa shape index (κ1) is 15.3. The molecule has 0 saturated heterocycles. The van der Waals surface area contributed by atoms with Gasteiger partial charge in [-0.1, -0.05) is 5.21 Å². The Labute approximate surface area is 124 Å². The second-order valence-corrected chi connectivity index (χ2v) is 5.18. The monoisotopic (exact) mass is 291 g/mol. The molecule has 0 unspecified atom stereocenters. The van der Waals surface area contributed by atoms with Crippen LogP contribution in [0.2, 0.25) is 0 Å². The van der Waals surface area contributed by atoms with Crippen LogP contribution in [0.15, 0.2) is 30.5 Å². The molecule has 0 aliphatic carbocycles. The molecule has 0 atom stereocenters. The van der Waals surface area contributed by atoms with E-state index in [1.807, 2.05) is 31.2 Å². The molecule has 1 N–H and O–H groups in total. The van der Waals surface area contributed by atoms with Gasteiger partial charge in [-0.3, -0.25) is 0 Å². The van der Waals surface area contributed by atoms with Gasteiger partial charge in [0.15, 0.2) is 0 Å². The van der Waals surface area contributed by atoms with Crippen LogP contribution < -0.4 is 9.47 Å². The van der Waals surface area contributed by atoms with E-state index in [9.17, 15) is 5.11 Å². The Morgan fingerprint density at radius 2 is 1.76 bits per heavy atom. The molecule has 0 fully saturated rings. The molecule has 0 bridgehead atoms. The normalized spacial score (nSPS) is 11.4. The van der Waals surface area contributed by atoms with Crippen LogP contribution in [0.1, 0.15) is 26.5 Å². The average molecular weight is 291 g/mol. The molecule has 21 heavy (non-hydrogen) atoms. The molecular formula is C15H21N3O3. The van der Waals surface area contributed by atoms with Crippen molar-refractivity contribution in [2.45, 2.75) is 32.9 Å². The Morgan fingerprint density at radius 1 is 1.14 bits per heavy atom. The number of benzene rings is 1. The molecule has 0 radical (unpaired) electrons. The first-order chi connectivity index (χ1) is 9.99. The highest BCUT2D eigenvalue weighted by molar-refractivity contribution is 5.31. The summed E-state index contributed by atoms with van der Waals surface area (Å²) in [6, 6.07) is 7.49. The molecule has 0 saturated carbocycles. The van der Waals surface area contributed by atoms with Crippen LogP contribution in [0.3, 0.4) is 0 Å². The number of nitrogens with zero attached hydrogens (tertiary/aromatic N) is 3. The first-order valence-electron chi connectivity index (χ1n) is 6.97. The molecule has 6 nitrogen and oxygen atoms in total. The zero-order chi connectivity index (χ0) is 15.3. The number of hydrogen-bond acceptors (Lipinski definition) is 5. The van der Waals surface area contributed by atoms with Gasteiger partial charge in [0, 0.05) is 0 Å². The molecule has 0 amide bonds. The number of rotatable bonds is 7. The maximum absolute atomic E-state index is 9.82. The fourth-order valence-corrected chi connectivity index (χ4v) is 1.74. The fourth-order valence-electron chi connectivity index (χ4n) is 1.74. The standard InChI is InChI=1S/C15H21N3O3/c1-4-20-12-5-7-13(8-6-12)21-10-9-18-11-14(16-17-18)15(2,3)19/h5-8,11,19H,4,9-10H2,1-3H3. The molecule has 2 aromatic rings. The molecule has 0 aliphatic rings. The van der Waals surface area contributed by atoms with E-state index in [0.717, 1.165) is 11.5 Å². The zero-order valence-electron chi connectivity index (χ0n) is 12.6. The van der Waals surface area contributed by atoms with Crippen LogP contribution in [0, 0.1) is 0 Å². The first-order valence-corrected chi connectivity index (χ1v) is 6.97.